The minimum atomic E-state index is -0.978. The topological polar surface area (TPSA) is 92.5 Å². The van der Waals surface area contributed by atoms with E-state index in [1.165, 1.54) is 6.92 Å². The lowest BCUT2D eigenvalue weighted by atomic mass is 10.1. The van der Waals surface area contributed by atoms with Gasteiger partial charge in [-0.25, -0.2) is 0 Å². The molecule has 0 radical (unpaired) electrons. The van der Waals surface area contributed by atoms with Crippen LogP contribution in [0.15, 0.2) is 24.3 Å². The van der Waals surface area contributed by atoms with E-state index in [0.717, 1.165) is 4.90 Å². The van der Waals surface area contributed by atoms with Gasteiger partial charge in [-0.2, -0.15) is 0 Å². The van der Waals surface area contributed by atoms with Crippen molar-refractivity contribution in [1.29, 1.82) is 0 Å². The molecule has 0 saturated carbocycles. The molecule has 19 heavy (non-hydrogen) atoms. The summed E-state index contributed by atoms with van der Waals surface area (Å²) in [5.74, 6) is -1.58. The van der Waals surface area contributed by atoms with Crippen molar-refractivity contribution in [2.75, 3.05) is 0 Å². The Morgan fingerprint density at radius 2 is 1.74 bits per heavy atom. The van der Waals surface area contributed by atoms with Crippen molar-refractivity contribution in [2.24, 2.45) is 5.73 Å². The van der Waals surface area contributed by atoms with E-state index in [1.807, 2.05) is 0 Å². The molecule has 7 heteroatoms. The summed E-state index contributed by atoms with van der Waals surface area (Å²) >= 11 is 4.55. The van der Waals surface area contributed by atoms with Gasteiger partial charge in [-0.1, -0.05) is 12.1 Å². The number of fused-ring (bicyclic) bond motifs is 1. The second-order valence-corrected chi connectivity index (χ2v) is 4.50. The van der Waals surface area contributed by atoms with Gasteiger partial charge in [0.1, 0.15) is 6.04 Å². The van der Waals surface area contributed by atoms with Crippen molar-refractivity contribution in [2.45, 2.75) is 13.0 Å². The minimum absolute atomic E-state index is 0.201. The maximum absolute atomic E-state index is 12.1. The lowest BCUT2D eigenvalue weighted by Gasteiger charge is -2.21. The summed E-state index contributed by atoms with van der Waals surface area (Å²) in [5.41, 5.74) is 5.78. The molecule has 3 N–H and O–H groups in total. The Balaban J connectivity index is 2.29. The number of nitrogens with two attached hydrogens (primary N) is 1. The van der Waals surface area contributed by atoms with Gasteiger partial charge in [0.2, 0.25) is 5.91 Å². The Morgan fingerprint density at radius 3 is 2.16 bits per heavy atom. The van der Waals surface area contributed by atoms with E-state index in [-0.39, 0.29) is 5.11 Å². The zero-order valence-electron chi connectivity index (χ0n) is 10.0. The number of hydrogen-bond acceptors (Lipinski definition) is 4. The molecule has 1 heterocycles. The maximum Gasteiger partial charge on any atom is 0.262 e. The molecule has 0 saturated heterocycles. The number of benzene rings is 1. The van der Waals surface area contributed by atoms with Gasteiger partial charge >= 0.3 is 0 Å². The molecule has 3 amide bonds. The van der Waals surface area contributed by atoms with Crippen LogP contribution >= 0.6 is 12.2 Å². The molecule has 0 aliphatic carbocycles. The fourth-order valence-corrected chi connectivity index (χ4v) is 2.00. The summed E-state index contributed by atoms with van der Waals surface area (Å²) in [6.07, 6.45) is 0. The molecule has 0 aromatic heterocycles. The van der Waals surface area contributed by atoms with E-state index in [2.05, 4.69) is 17.5 Å². The summed E-state index contributed by atoms with van der Waals surface area (Å²) in [6.45, 7) is 1.44. The van der Waals surface area contributed by atoms with Crippen molar-refractivity contribution < 1.29 is 14.4 Å². The van der Waals surface area contributed by atoms with Crippen molar-refractivity contribution in [3.05, 3.63) is 35.4 Å². The molecule has 1 aliphatic heterocycles. The maximum atomic E-state index is 12.1. The number of hydrogen-bond donors (Lipinski definition) is 2. The van der Waals surface area contributed by atoms with Crippen molar-refractivity contribution >= 4 is 35.1 Å². The number of imide groups is 1. The highest BCUT2D eigenvalue weighted by atomic mass is 32.1. The highest BCUT2D eigenvalue weighted by Gasteiger charge is 2.40. The third-order valence-electron chi connectivity index (χ3n) is 2.84. The predicted octanol–water partition coefficient (Wildman–Crippen LogP) is 0.0309. The van der Waals surface area contributed by atoms with Gasteiger partial charge in [-0.15, -0.1) is 0 Å². The van der Waals surface area contributed by atoms with Crippen LogP contribution in [0, 0.1) is 0 Å². The molecule has 6 nitrogen and oxygen atoms in total. The molecule has 1 aromatic carbocycles. The fourth-order valence-electron chi connectivity index (χ4n) is 1.90. The van der Waals surface area contributed by atoms with Crippen LogP contribution in [0.3, 0.4) is 0 Å². The molecule has 1 unspecified atom stereocenters. The van der Waals surface area contributed by atoms with E-state index in [4.69, 9.17) is 5.73 Å². The zero-order chi connectivity index (χ0) is 14.2. The first kappa shape index (κ1) is 13.2. The normalized spacial score (nSPS) is 15.1. The highest BCUT2D eigenvalue weighted by Crippen LogP contribution is 2.24. The van der Waals surface area contributed by atoms with Crippen LogP contribution in [0.5, 0.6) is 0 Å². The number of thiocarbonyl (C=S) groups is 1. The quantitative estimate of drug-likeness (QED) is 0.588. The SMILES string of the molecule is CC(C(=O)NC(N)=S)N1C(=O)c2ccccc2C1=O. The van der Waals surface area contributed by atoms with Gasteiger partial charge in [-0.3, -0.25) is 19.3 Å². The molecule has 1 atom stereocenters. The molecule has 1 aromatic rings. The Bertz CT molecular complexity index is 565. The van der Waals surface area contributed by atoms with Gasteiger partial charge in [-0.05, 0) is 31.3 Å². The largest absolute Gasteiger partial charge is 0.376 e. The van der Waals surface area contributed by atoms with E-state index in [1.54, 1.807) is 24.3 Å². The molecule has 0 bridgehead atoms. The van der Waals surface area contributed by atoms with Gasteiger partial charge in [0, 0.05) is 0 Å². The number of amides is 3. The van der Waals surface area contributed by atoms with Crippen molar-refractivity contribution in [3.8, 4) is 0 Å². The molecular formula is C12H11N3O3S. The van der Waals surface area contributed by atoms with Crippen molar-refractivity contribution in [3.63, 3.8) is 0 Å². The van der Waals surface area contributed by atoms with Crippen LogP contribution < -0.4 is 11.1 Å². The van der Waals surface area contributed by atoms with Crippen molar-refractivity contribution in [1.82, 2.24) is 10.2 Å². The van der Waals surface area contributed by atoms with Gasteiger partial charge < -0.3 is 11.1 Å². The van der Waals surface area contributed by atoms with Crippen LogP contribution in [-0.2, 0) is 4.79 Å². The second kappa shape index (κ2) is 4.77. The molecule has 98 valence electrons. The monoisotopic (exact) mass is 277 g/mol. The van der Waals surface area contributed by atoms with Crippen LogP contribution in [0.25, 0.3) is 0 Å². The first-order valence-electron chi connectivity index (χ1n) is 5.50. The lowest BCUT2D eigenvalue weighted by Crippen LogP contribution is -2.50. The number of nitrogens with zero attached hydrogens (tertiary/aromatic N) is 1. The standard InChI is InChI=1S/C12H11N3O3S/c1-6(9(16)14-12(13)19)15-10(17)7-4-2-3-5-8(7)11(15)18/h2-6H,1H3,(H3,13,14,16,19). The summed E-state index contributed by atoms with van der Waals surface area (Å²) in [7, 11) is 0. The van der Waals surface area contributed by atoms with E-state index in [0.29, 0.717) is 11.1 Å². The Labute approximate surface area is 114 Å². The number of rotatable bonds is 2. The second-order valence-electron chi connectivity index (χ2n) is 4.06. The predicted molar refractivity (Wildman–Crippen MR) is 71.3 cm³/mol. The van der Waals surface area contributed by atoms with E-state index < -0.39 is 23.8 Å². The first-order chi connectivity index (χ1) is 8.93. The van der Waals surface area contributed by atoms with E-state index >= 15 is 0 Å². The van der Waals surface area contributed by atoms with Gasteiger partial charge in [0.05, 0.1) is 11.1 Å². The average molecular weight is 277 g/mol. The highest BCUT2D eigenvalue weighted by molar-refractivity contribution is 7.80. The number of carbonyl (C=O) groups is 3. The third kappa shape index (κ3) is 2.19. The van der Waals surface area contributed by atoms with Crippen LogP contribution in [0.2, 0.25) is 0 Å². The fraction of sp³-hybridized carbons (Fsp3) is 0.167. The number of carbonyl (C=O) groups excluding carboxylic acids is 3. The molecule has 0 fully saturated rings. The van der Waals surface area contributed by atoms with E-state index in [9.17, 15) is 14.4 Å². The molecule has 2 rings (SSSR count). The number of nitrogens with one attached hydrogen (secondary N) is 1. The molecule has 1 aliphatic rings. The summed E-state index contributed by atoms with van der Waals surface area (Å²) in [4.78, 5) is 36.9. The van der Waals surface area contributed by atoms with Gasteiger partial charge in [0.25, 0.3) is 11.8 Å². The average Bonchev–Trinajstić information content (AvgIpc) is 2.61. The zero-order valence-corrected chi connectivity index (χ0v) is 10.9. The Morgan fingerprint density at radius 1 is 1.26 bits per heavy atom. The summed E-state index contributed by atoms with van der Waals surface area (Å²) in [5, 5.41) is 2.01. The lowest BCUT2D eigenvalue weighted by molar-refractivity contribution is -0.123. The van der Waals surface area contributed by atoms with Gasteiger partial charge in [0.15, 0.2) is 5.11 Å². The Kier molecular flexibility index (Phi) is 3.30. The first-order valence-corrected chi connectivity index (χ1v) is 5.91. The van der Waals surface area contributed by atoms with Crippen LogP contribution in [0.4, 0.5) is 0 Å². The smallest absolute Gasteiger partial charge is 0.262 e. The molecular weight excluding hydrogens is 266 g/mol. The third-order valence-corrected chi connectivity index (χ3v) is 2.94. The van der Waals surface area contributed by atoms with Crippen LogP contribution in [0.1, 0.15) is 27.6 Å². The summed E-state index contributed by atoms with van der Waals surface area (Å²) < 4.78 is 0. The van der Waals surface area contributed by atoms with Crippen LogP contribution in [-0.4, -0.2) is 33.8 Å². The minimum Gasteiger partial charge on any atom is -0.376 e. The molecule has 0 spiro atoms. The Hall–Kier alpha value is -2.28. The summed E-state index contributed by atoms with van der Waals surface area (Å²) in [6, 6.07) is 5.44.